The van der Waals surface area contributed by atoms with E-state index >= 15 is 0 Å². The van der Waals surface area contributed by atoms with E-state index in [1.54, 1.807) is 6.92 Å². The summed E-state index contributed by atoms with van der Waals surface area (Å²) in [7, 11) is -3.96. The molecule has 0 aliphatic heterocycles. The standard InChI is InChI=1S/C12H18N2O5S2/c1-7(11(6-15)20-2)14-10-4-3-8(21(13,18)19)5-9(10)12(16)17/h3-5,7,11,14-15H,6H2,1-2H3,(H,16,17)(H2,13,18,19). The topological polar surface area (TPSA) is 130 Å². The number of aliphatic hydroxyl groups excluding tert-OH is 1. The third-order valence-electron chi connectivity index (χ3n) is 2.97. The lowest BCUT2D eigenvalue weighted by atomic mass is 10.1. The molecule has 0 fully saturated rings. The molecule has 1 aromatic carbocycles. The molecular formula is C12H18N2O5S2. The molecule has 0 saturated heterocycles. The summed E-state index contributed by atoms with van der Waals surface area (Å²) >= 11 is 1.44. The van der Waals surface area contributed by atoms with Gasteiger partial charge in [-0.1, -0.05) is 0 Å². The highest BCUT2D eigenvalue weighted by Gasteiger charge is 2.20. The van der Waals surface area contributed by atoms with Gasteiger partial charge in [0.1, 0.15) is 0 Å². The zero-order valence-electron chi connectivity index (χ0n) is 11.6. The summed E-state index contributed by atoms with van der Waals surface area (Å²) < 4.78 is 22.5. The number of anilines is 1. The summed E-state index contributed by atoms with van der Waals surface area (Å²) in [6, 6.07) is 3.40. The summed E-state index contributed by atoms with van der Waals surface area (Å²) in [6.45, 7) is 1.74. The van der Waals surface area contributed by atoms with Crippen LogP contribution in [0.4, 0.5) is 5.69 Å². The largest absolute Gasteiger partial charge is 0.478 e. The first kappa shape index (κ1) is 17.8. The number of nitrogens with one attached hydrogen (secondary N) is 1. The van der Waals surface area contributed by atoms with Crippen molar-refractivity contribution in [2.24, 2.45) is 5.14 Å². The van der Waals surface area contributed by atoms with Gasteiger partial charge >= 0.3 is 5.97 Å². The molecule has 1 rings (SSSR count). The van der Waals surface area contributed by atoms with Crippen LogP contribution < -0.4 is 10.5 Å². The third-order valence-corrected chi connectivity index (χ3v) is 5.05. The number of thioether (sulfide) groups is 1. The van der Waals surface area contributed by atoms with Crippen LogP contribution in [0, 0.1) is 0 Å². The van der Waals surface area contributed by atoms with Crippen molar-refractivity contribution < 1.29 is 23.4 Å². The Morgan fingerprint density at radius 2 is 2.10 bits per heavy atom. The zero-order valence-corrected chi connectivity index (χ0v) is 13.2. The number of nitrogens with two attached hydrogens (primary N) is 1. The van der Waals surface area contributed by atoms with Gasteiger partial charge in [-0.05, 0) is 31.4 Å². The molecule has 2 atom stereocenters. The Kier molecular flexibility index (Phi) is 6.02. The quantitative estimate of drug-likeness (QED) is 0.573. The minimum atomic E-state index is -3.96. The monoisotopic (exact) mass is 334 g/mol. The molecule has 0 bridgehead atoms. The fourth-order valence-electron chi connectivity index (χ4n) is 1.78. The van der Waals surface area contributed by atoms with E-state index in [4.69, 9.17) is 5.14 Å². The fraction of sp³-hybridized carbons (Fsp3) is 0.417. The molecule has 5 N–H and O–H groups in total. The molecule has 0 amide bonds. The fourth-order valence-corrected chi connectivity index (χ4v) is 2.94. The van der Waals surface area contributed by atoms with Gasteiger partial charge in [-0.2, -0.15) is 11.8 Å². The molecular weight excluding hydrogens is 316 g/mol. The Hall–Kier alpha value is -1.29. The van der Waals surface area contributed by atoms with Gasteiger partial charge in [-0.3, -0.25) is 0 Å². The van der Waals surface area contributed by atoms with E-state index in [2.05, 4.69) is 5.32 Å². The molecule has 0 aliphatic carbocycles. The number of hydrogen-bond donors (Lipinski definition) is 4. The Morgan fingerprint density at radius 1 is 1.48 bits per heavy atom. The Balaban J connectivity index is 3.16. The minimum Gasteiger partial charge on any atom is -0.478 e. The number of carbonyl (C=O) groups is 1. The van der Waals surface area contributed by atoms with Gasteiger partial charge in [-0.15, -0.1) is 0 Å². The highest BCUT2D eigenvalue weighted by Crippen LogP contribution is 2.23. The van der Waals surface area contributed by atoms with E-state index in [9.17, 15) is 23.4 Å². The predicted octanol–water partition coefficient (Wildman–Crippen LogP) is 0.556. The van der Waals surface area contributed by atoms with Crippen molar-refractivity contribution >= 4 is 33.4 Å². The highest BCUT2D eigenvalue weighted by atomic mass is 32.2. The number of sulfonamides is 1. The van der Waals surface area contributed by atoms with E-state index in [0.717, 1.165) is 6.07 Å². The highest BCUT2D eigenvalue weighted by molar-refractivity contribution is 7.99. The molecule has 9 heteroatoms. The maximum atomic E-state index is 11.3. The molecule has 118 valence electrons. The lowest BCUT2D eigenvalue weighted by Gasteiger charge is -2.23. The van der Waals surface area contributed by atoms with Crippen LogP contribution in [-0.4, -0.2) is 48.8 Å². The molecule has 0 heterocycles. The second-order valence-corrected chi connectivity index (χ2v) is 7.09. The van der Waals surface area contributed by atoms with Gasteiger partial charge in [0, 0.05) is 17.0 Å². The van der Waals surface area contributed by atoms with Gasteiger partial charge in [0.2, 0.25) is 10.0 Å². The number of primary sulfonamides is 1. The van der Waals surface area contributed by atoms with Crippen molar-refractivity contribution in [1.29, 1.82) is 0 Å². The van der Waals surface area contributed by atoms with Gasteiger partial charge in [0.05, 0.1) is 17.1 Å². The molecule has 7 nitrogen and oxygen atoms in total. The number of benzene rings is 1. The minimum absolute atomic E-state index is 0.0625. The Labute approximate surface area is 127 Å². The van der Waals surface area contributed by atoms with E-state index < -0.39 is 16.0 Å². The average Bonchev–Trinajstić information content (AvgIpc) is 2.38. The molecule has 21 heavy (non-hydrogen) atoms. The van der Waals surface area contributed by atoms with E-state index in [-0.39, 0.29) is 34.0 Å². The number of carboxylic acids is 1. The van der Waals surface area contributed by atoms with Crippen LogP contribution in [0.1, 0.15) is 17.3 Å². The van der Waals surface area contributed by atoms with Crippen molar-refractivity contribution in [3.63, 3.8) is 0 Å². The second kappa shape index (κ2) is 7.12. The van der Waals surface area contributed by atoms with Crippen molar-refractivity contribution in [3.8, 4) is 0 Å². The summed E-state index contributed by atoms with van der Waals surface area (Å²) in [4.78, 5) is 11.0. The maximum absolute atomic E-state index is 11.3. The summed E-state index contributed by atoms with van der Waals surface area (Å²) in [5.74, 6) is -1.26. The van der Waals surface area contributed by atoms with Crippen LogP contribution in [0.2, 0.25) is 0 Å². The predicted molar refractivity (Wildman–Crippen MR) is 82.2 cm³/mol. The summed E-state index contributed by atoms with van der Waals surface area (Å²) in [5.41, 5.74) is 0.0843. The summed E-state index contributed by atoms with van der Waals surface area (Å²) in [5, 5.41) is 26.3. The zero-order chi connectivity index (χ0) is 16.2. The van der Waals surface area contributed by atoms with E-state index in [1.165, 1.54) is 23.9 Å². The van der Waals surface area contributed by atoms with Gasteiger partial charge in [0.25, 0.3) is 0 Å². The number of rotatable bonds is 7. The lowest BCUT2D eigenvalue weighted by Crippen LogP contribution is -2.31. The normalized spacial score (nSPS) is 14.5. The van der Waals surface area contributed by atoms with Gasteiger partial charge in [0.15, 0.2) is 0 Å². The number of aliphatic hydroxyl groups is 1. The van der Waals surface area contributed by atoms with Crippen molar-refractivity contribution in [2.75, 3.05) is 18.2 Å². The molecule has 0 aliphatic rings. The first-order chi connectivity index (χ1) is 9.70. The van der Waals surface area contributed by atoms with Crippen molar-refractivity contribution in [1.82, 2.24) is 0 Å². The second-order valence-electron chi connectivity index (χ2n) is 4.45. The van der Waals surface area contributed by atoms with E-state index in [0.29, 0.717) is 0 Å². The first-order valence-corrected chi connectivity index (χ1v) is 8.84. The van der Waals surface area contributed by atoms with Crippen LogP contribution in [0.3, 0.4) is 0 Å². The van der Waals surface area contributed by atoms with Crippen molar-refractivity contribution in [3.05, 3.63) is 23.8 Å². The number of carboxylic acid groups (broad SMARTS) is 1. The molecule has 2 unspecified atom stereocenters. The van der Waals surface area contributed by atoms with Crippen LogP contribution in [0.25, 0.3) is 0 Å². The van der Waals surface area contributed by atoms with Gasteiger partial charge in [-0.25, -0.2) is 18.4 Å². The summed E-state index contributed by atoms with van der Waals surface area (Å²) in [6.07, 6.45) is 1.83. The average molecular weight is 334 g/mol. The molecule has 1 aromatic rings. The van der Waals surface area contributed by atoms with E-state index in [1.807, 2.05) is 6.26 Å². The van der Waals surface area contributed by atoms with Crippen LogP contribution >= 0.6 is 11.8 Å². The third kappa shape index (κ3) is 4.60. The van der Waals surface area contributed by atoms with Crippen LogP contribution in [0.15, 0.2) is 23.1 Å². The van der Waals surface area contributed by atoms with Gasteiger partial charge < -0.3 is 15.5 Å². The van der Waals surface area contributed by atoms with Crippen molar-refractivity contribution in [2.45, 2.75) is 23.1 Å². The van der Waals surface area contributed by atoms with Crippen LogP contribution in [-0.2, 0) is 10.0 Å². The Bertz CT molecular complexity index is 614. The molecule has 0 spiro atoms. The molecule has 0 saturated carbocycles. The number of hydrogen-bond acceptors (Lipinski definition) is 6. The molecule has 0 aromatic heterocycles. The van der Waals surface area contributed by atoms with Crippen LogP contribution in [0.5, 0.6) is 0 Å². The SMILES string of the molecule is CSC(CO)C(C)Nc1ccc(S(N)(=O)=O)cc1C(=O)O. The Morgan fingerprint density at radius 3 is 2.52 bits per heavy atom. The lowest BCUT2D eigenvalue weighted by molar-refractivity contribution is 0.0697. The first-order valence-electron chi connectivity index (χ1n) is 6.01. The smallest absolute Gasteiger partial charge is 0.337 e. The molecule has 0 radical (unpaired) electrons. The maximum Gasteiger partial charge on any atom is 0.337 e. The number of aromatic carboxylic acids is 1.